The average molecular weight is 199 g/mol. The quantitative estimate of drug-likeness (QED) is 0.751. The SMILES string of the molecule is CCN(CC)CC1(O)CCCC(C)C1. The van der Waals surface area contributed by atoms with Crippen molar-refractivity contribution in [3.05, 3.63) is 0 Å². The fourth-order valence-electron chi connectivity index (χ4n) is 2.64. The van der Waals surface area contributed by atoms with Crippen molar-refractivity contribution in [2.75, 3.05) is 19.6 Å². The Hall–Kier alpha value is -0.0800. The molecular formula is C12H25NO. The molecule has 0 aromatic heterocycles. The van der Waals surface area contributed by atoms with Gasteiger partial charge in [0, 0.05) is 6.54 Å². The number of aliphatic hydroxyl groups is 1. The zero-order chi connectivity index (χ0) is 10.6. The fourth-order valence-corrected chi connectivity index (χ4v) is 2.64. The zero-order valence-electron chi connectivity index (χ0n) is 9.92. The van der Waals surface area contributed by atoms with E-state index in [1.165, 1.54) is 12.8 Å². The van der Waals surface area contributed by atoms with Gasteiger partial charge in [-0.15, -0.1) is 0 Å². The second kappa shape index (κ2) is 5.13. The van der Waals surface area contributed by atoms with Gasteiger partial charge >= 0.3 is 0 Å². The maximum atomic E-state index is 10.4. The Balaban J connectivity index is 2.46. The highest BCUT2D eigenvalue weighted by atomic mass is 16.3. The largest absolute Gasteiger partial charge is 0.389 e. The molecule has 0 aromatic carbocycles. The van der Waals surface area contributed by atoms with Gasteiger partial charge in [0.1, 0.15) is 0 Å². The molecule has 2 atom stereocenters. The van der Waals surface area contributed by atoms with Crippen LogP contribution >= 0.6 is 0 Å². The van der Waals surface area contributed by atoms with Crippen molar-refractivity contribution >= 4 is 0 Å². The van der Waals surface area contributed by atoms with Crippen LogP contribution in [-0.4, -0.2) is 35.2 Å². The molecule has 1 aliphatic rings. The Kier molecular flexibility index (Phi) is 4.39. The average Bonchev–Trinajstić information content (AvgIpc) is 2.14. The maximum absolute atomic E-state index is 10.4. The monoisotopic (exact) mass is 199 g/mol. The van der Waals surface area contributed by atoms with Crippen LogP contribution in [0, 0.1) is 5.92 Å². The van der Waals surface area contributed by atoms with Gasteiger partial charge in [0.05, 0.1) is 5.60 Å². The van der Waals surface area contributed by atoms with Crippen LogP contribution in [0.2, 0.25) is 0 Å². The molecule has 1 N–H and O–H groups in total. The van der Waals surface area contributed by atoms with Crippen LogP contribution in [0.15, 0.2) is 0 Å². The number of hydrogen-bond acceptors (Lipinski definition) is 2. The standard InChI is InChI=1S/C12H25NO/c1-4-13(5-2)10-12(14)8-6-7-11(3)9-12/h11,14H,4-10H2,1-3H3. The van der Waals surface area contributed by atoms with Gasteiger partial charge in [0.2, 0.25) is 0 Å². The molecule has 84 valence electrons. The number of rotatable bonds is 4. The van der Waals surface area contributed by atoms with Crippen LogP contribution in [0.3, 0.4) is 0 Å². The summed E-state index contributed by atoms with van der Waals surface area (Å²) in [6.07, 6.45) is 4.47. The topological polar surface area (TPSA) is 23.5 Å². The van der Waals surface area contributed by atoms with Crippen molar-refractivity contribution < 1.29 is 5.11 Å². The Bertz CT molecular complexity index is 168. The van der Waals surface area contributed by atoms with Crippen LogP contribution in [0.1, 0.15) is 46.5 Å². The van der Waals surface area contributed by atoms with Crippen LogP contribution in [0.25, 0.3) is 0 Å². The van der Waals surface area contributed by atoms with E-state index < -0.39 is 5.60 Å². The van der Waals surface area contributed by atoms with Gasteiger partial charge in [-0.3, -0.25) is 0 Å². The molecule has 14 heavy (non-hydrogen) atoms. The molecule has 0 aliphatic heterocycles. The molecule has 1 rings (SSSR count). The van der Waals surface area contributed by atoms with E-state index >= 15 is 0 Å². The minimum Gasteiger partial charge on any atom is -0.389 e. The van der Waals surface area contributed by atoms with Crippen molar-refractivity contribution in [3.63, 3.8) is 0 Å². The summed E-state index contributed by atoms with van der Waals surface area (Å²) in [4.78, 5) is 2.33. The van der Waals surface area contributed by atoms with E-state index in [0.717, 1.165) is 32.5 Å². The fraction of sp³-hybridized carbons (Fsp3) is 1.00. The second-order valence-corrected chi connectivity index (χ2v) is 4.89. The van der Waals surface area contributed by atoms with Crippen LogP contribution < -0.4 is 0 Å². The van der Waals surface area contributed by atoms with Crippen molar-refractivity contribution in [2.45, 2.75) is 52.1 Å². The highest BCUT2D eigenvalue weighted by Gasteiger charge is 2.33. The van der Waals surface area contributed by atoms with Gasteiger partial charge in [-0.05, 0) is 31.8 Å². The number of likely N-dealkylation sites (N-methyl/N-ethyl adjacent to an activating group) is 1. The molecule has 0 aromatic rings. The van der Waals surface area contributed by atoms with Gasteiger partial charge in [-0.1, -0.05) is 33.6 Å². The Labute approximate surface area is 88.3 Å². The summed E-state index contributed by atoms with van der Waals surface area (Å²) in [7, 11) is 0. The molecule has 0 heterocycles. The van der Waals surface area contributed by atoms with E-state index in [-0.39, 0.29) is 0 Å². The van der Waals surface area contributed by atoms with Gasteiger partial charge in [0.15, 0.2) is 0 Å². The van der Waals surface area contributed by atoms with Gasteiger partial charge in [0.25, 0.3) is 0 Å². The molecule has 0 saturated heterocycles. The van der Waals surface area contributed by atoms with Crippen LogP contribution in [0.5, 0.6) is 0 Å². The summed E-state index contributed by atoms with van der Waals surface area (Å²) in [5.74, 6) is 0.698. The molecule has 0 bridgehead atoms. The zero-order valence-corrected chi connectivity index (χ0v) is 9.92. The highest BCUT2D eigenvalue weighted by molar-refractivity contribution is 4.87. The Morgan fingerprint density at radius 2 is 2.00 bits per heavy atom. The third kappa shape index (κ3) is 3.25. The number of hydrogen-bond donors (Lipinski definition) is 1. The molecule has 0 amide bonds. The molecule has 0 radical (unpaired) electrons. The normalized spacial score (nSPS) is 33.6. The van der Waals surface area contributed by atoms with Crippen molar-refractivity contribution in [2.24, 2.45) is 5.92 Å². The first kappa shape index (κ1) is 12.0. The van der Waals surface area contributed by atoms with E-state index in [0.29, 0.717) is 5.92 Å². The Morgan fingerprint density at radius 3 is 2.50 bits per heavy atom. The van der Waals surface area contributed by atoms with E-state index in [4.69, 9.17) is 0 Å². The number of nitrogens with zero attached hydrogens (tertiary/aromatic N) is 1. The minimum absolute atomic E-state index is 0.399. The third-order valence-electron chi connectivity index (χ3n) is 3.48. The van der Waals surface area contributed by atoms with Gasteiger partial charge in [-0.2, -0.15) is 0 Å². The van der Waals surface area contributed by atoms with E-state index in [1.54, 1.807) is 0 Å². The molecule has 1 aliphatic carbocycles. The Morgan fingerprint density at radius 1 is 1.36 bits per heavy atom. The third-order valence-corrected chi connectivity index (χ3v) is 3.48. The summed E-state index contributed by atoms with van der Waals surface area (Å²) < 4.78 is 0. The first-order valence-electron chi connectivity index (χ1n) is 6.04. The molecule has 0 spiro atoms. The van der Waals surface area contributed by atoms with Gasteiger partial charge in [-0.25, -0.2) is 0 Å². The summed E-state index contributed by atoms with van der Waals surface area (Å²) in [6.45, 7) is 9.55. The van der Waals surface area contributed by atoms with Crippen molar-refractivity contribution in [1.29, 1.82) is 0 Å². The predicted octanol–water partition coefficient (Wildman–Crippen LogP) is 2.27. The lowest BCUT2D eigenvalue weighted by molar-refractivity contribution is -0.0381. The van der Waals surface area contributed by atoms with Crippen LogP contribution in [-0.2, 0) is 0 Å². The van der Waals surface area contributed by atoms with Crippen molar-refractivity contribution in [3.8, 4) is 0 Å². The van der Waals surface area contributed by atoms with Crippen molar-refractivity contribution in [1.82, 2.24) is 4.90 Å². The molecule has 1 saturated carbocycles. The smallest absolute Gasteiger partial charge is 0.0776 e. The first-order chi connectivity index (χ1) is 6.59. The first-order valence-corrected chi connectivity index (χ1v) is 6.04. The second-order valence-electron chi connectivity index (χ2n) is 4.89. The molecule has 2 heteroatoms. The summed E-state index contributed by atoms with van der Waals surface area (Å²) >= 11 is 0. The summed E-state index contributed by atoms with van der Waals surface area (Å²) in [5, 5.41) is 10.4. The van der Waals surface area contributed by atoms with Gasteiger partial charge < -0.3 is 10.0 Å². The molecular weight excluding hydrogens is 174 g/mol. The summed E-state index contributed by atoms with van der Waals surface area (Å²) in [6, 6.07) is 0. The lowest BCUT2D eigenvalue weighted by atomic mass is 9.78. The summed E-state index contributed by atoms with van der Waals surface area (Å²) in [5.41, 5.74) is -0.399. The molecule has 2 nitrogen and oxygen atoms in total. The molecule has 1 fully saturated rings. The maximum Gasteiger partial charge on any atom is 0.0776 e. The lowest BCUT2D eigenvalue weighted by Crippen LogP contribution is -2.45. The van der Waals surface area contributed by atoms with E-state index in [2.05, 4.69) is 25.7 Å². The molecule has 2 unspecified atom stereocenters. The predicted molar refractivity (Wildman–Crippen MR) is 60.4 cm³/mol. The van der Waals surface area contributed by atoms with Crippen LogP contribution in [0.4, 0.5) is 0 Å². The highest BCUT2D eigenvalue weighted by Crippen LogP contribution is 2.32. The van der Waals surface area contributed by atoms with E-state index in [1.807, 2.05) is 0 Å². The lowest BCUT2D eigenvalue weighted by Gasteiger charge is -2.38. The minimum atomic E-state index is -0.399. The van der Waals surface area contributed by atoms with E-state index in [9.17, 15) is 5.11 Å².